The molecule has 0 saturated carbocycles. The van der Waals surface area contributed by atoms with Crippen LogP contribution in [0.3, 0.4) is 0 Å². The molecule has 0 unspecified atom stereocenters. The fourth-order valence-corrected chi connectivity index (χ4v) is 1.96. The molecule has 0 radical (unpaired) electrons. The summed E-state index contributed by atoms with van der Waals surface area (Å²) in [4.78, 5) is 17.0. The van der Waals surface area contributed by atoms with Crippen LogP contribution < -0.4 is 9.64 Å². The number of pyridine rings is 1. The van der Waals surface area contributed by atoms with Gasteiger partial charge in [0.1, 0.15) is 11.6 Å². The van der Waals surface area contributed by atoms with E-state index in [0.717, 1.165) is 22.8 Å². The molecule has 0 saturated heterocycles. The number of aromatic nitrogens is 1. The first kappa shape index (κ1) is 13.9. The highest BCUT2D eigenvalue weighted by Crippen LogP contribution is 2.26. The molecule has 0 bridgehead atoms. The second kappa shape index (κ2) is 5.61. The maximum atomic E-state index is 10.9. The van der Waals surface area contributed by atoms with E-state index in [4.69, 9.17) is 9.84 Å². The van der Waals surface area contributed by atoms with E-state index in [1.54, 1.807) is 13.2 Å². The van der Waals surface area contributed by atoms with Crippen molar-refractivity contribution < 1.29 is 14.6 Å². The lowest BCUT2D eigenvalue weighted by Gasteiger charge is -2.20. The topological polar surface area (TPSA) is 62.7 Å². The van der Waals surface area contributed by atoms with Crippen LogP contribution in [0.15, 0.2) is 36.5 Å². The number of nitrogens with zero attached hydrogens (tertiary/aromatic N) is 2. The molecule has 5 heteroatoms. The molecule has 0 atom stereocenters. The van der Waals surface area contributed by atoms with Gasteiger partial charge in [0.05, 0.1) is 12.7 Å². The van der Waals surface area contributed by atoms with Crippen molar-refractivity contribution in [3.05, 3.63) is 47.7 Å². The predicted molar refractivity (Wildman–Crippen MR) is 77.0 cm³/mol. The largest absolute Gasteiger partial charge is 0.497 e. The third-order valence-electron chi connectivity index (χ3n) is 3.08. The summed E-state index contributed by atoms with van der Waals surface area (Å²) >= 11 is 0. The number of anilines is 2. The molecular weight excluding hydrogens is 256 g/mol. The molecule has 0 aliphatic rings. The zero-order chi connectivity index (χ0) is 14.7. The average Bonchev–Trinajstić information content (AvgIpc) is 2.46. The van der Waals surface area contributed by atoms with E-state index < -0.39 is 5.97 Å². The number of rotatable bonds is 4. The van der Waals surface area contributed by atoms with E-state index >= 15 is 0 Å². The fraction of sp³-hybridized carbons (Fsp3) is 0.200. The number of aromatic carboxylic acids is 1. The van der Waals surface area contributed by atoms with Crippen LogP contribution in [0.2, 0.25) is 0 Å². The van der Waals surface area contributed by atoms with Gasteiger partial charge in [-0.25, -0.2) is 9.78 Å². The highest BCUT2D eigenvalue weighted by Gasteiger charge is 2.11. The van der Waals surface area contributed by atoms with Crippen LogP contribution >= 0.6 is 0 Å². The van der Waals surface area contributed by atoms with Crippen LogP contribution in [0.1, 0.15) is 15.9 Å². The van der Waals surface area contributed by atoms with Crippen LogP contribution in [-0.4, -0.2) is 30.2 Å². The minimum Gasteiger partial charge on any atom is -0.497 e. The number of carbonyl (C=O) groups is 1. The number of methoxy groups -OCH3 is 1. The molecule has 1 heterocycles. The van der Waals surface area contributed by atoms with Gasteiger partial charge >= 0.3 is 5.97 Å². The summed E-state index contributed by atoms with van der Waals surface area (Å²) in [6.45, 7) is 1.84. The number of hydrogen-bond donors (Lipinski definition) is 1. The van der Waals surface area contributed by atoms with Gasteiger partial charge in [0.2, 0.25) is 0 Å². The van der Waals surface area contributed by atoms with Crippen molar-refractivity contribution in [2.24, 2.45) is 0 Å². The molecule has 0 amide bonds. The summed E-state index contributed by atoms with van der Waals surface area (Å²) in [5, 5.41) is 8.95. The lowest BCUT2D eigenvalue weighted by Crippen LogP contribution is -2.13. The third-order valence-corrected chi connectivity index (χ3v) is 3.08. The molecule has 1 N–H and O–H groups in total. The Bertz CT molecular complexity index is 624. The standard InChI is InChI=1S/C15H16N2O3/c1-10-8-11(15(18)19)9-16-14(10)17(2)12-4-6-13(20-3)7-5-12/h4-9H,1-3H3,(H,18,19). The summed E-state index contributed by atoms with van der Waals surface area (Å²) in [5.41, 5.74) is 1.95. The minimum atomic E-state index is -0.973. The lowest BCUT2D eigenvalue weighted by molar-refractivity contribution is 0.0696. The van der Waals surface area contributed by atoms with Gasteiger partial charge in [-0.3, -0.25) is 0 Å². The maximum absolute atomic E-state index is 10.9. The van der Waals surface area contributed by atoms with Crippen molar-refractivity contribution in [1.29, 1.82) is 0 Å². The van der Waals surface area contributed by atoms with Gasteiger partial charge in [0.15, 0.2) is 0 Å². The lowest BCUT2D eigenvalue weighted by atomic mass is 10.2. The maximum Gasteiger partial charge on any atom is 0.337 e. The number of ether oxygens (including phenoxy) is 1. The van der Waals surface area contributed by atoms with Crippen LogP contribution in [0.5, 0.6) is 5.75 Å². The highest BCUT2D eigenvalue weighted by atomic mass is 16.5. The van der Waals surface area contributed by atoms with Crippen molar-refractivity contribution in [2.75, 3.05) is 19.1 Å². The van der Waals surface area contributed by atoms with E-state index in [9.17, 15) is 4.79 Å². The molecule has 0 aliphatic carbocycles. The van der Waals surface area contributed by atoms with E-state index in [1.807, 2.05) is 43.1 Å². The smallest absolute Gasteiger partial charge is 0.337 e. The zero-order valence-electron chi connectivity index (χ0n) is 11.6. The quantitative estimate of drug-likeness (QED) is 0.927. The Morgan fingerprint density at radius 2 is 1.95 bits per heavy atom. The average molecular weight is 272 g/mol. The van der Waals surface area contributed by atoms with Gasteiger partial charge < -0.3 is 14.7 Å². The number of carboxylic acid groups (broad SMARTS) is 1. The first-order chi connectivity index (χ1) is 9.52. The van der Waals surface area contributed by atoms with Gasteiger partial charge in [-0.1, -0.05) is 0 Å². The molecule has 0 spiro atoms. The Labute approximate surface area is 117 Å². The Balaban J connectivity index is 2.32. The van der Waals surface area contributed by atoms with Gasteiger partial charge in [-0.05, 0) is 42.8 Å². The second-order valence-electron chi connectivity index (χ2n) is 4.43. The van der Waals surface area contributed by atoms with Gasteiger partial charge in [0, 0.05) is 18.9 Å². The molecular formula is C15H16N2O3. The summed E-state index contributed by atoms with van der Waals surface area (Å²) in [7, 11) is 3.51. The van der Waals surface area contributed by atoms with Gasteiger partial charge in [-0.2, -0.15) is 0 Å². The van der Waals surface area contributed by atoms with Crippen LogP contribution in [0.4, 0.5) is 11.5 Å². The van der Waals surface area contributed by atoms with E-state index in [-0.39, 0.29) is 5.56 Å². The normalized spacial score (nSPS) is 10.2. The zero-order valence-corrected chi connectivity index (χ0v) is 11.6. The SMILES string of the molecule is COc1ccc(N(C)c2ncc(C(=O)O)cc2C)cc1. The second-order valence-corrected chi connectivity index (χ2v) is 4.43. The van der Waals surface area contributed by atoms with Gasteiger partial charge in [0.25, 0.3) is 0 Å². The Kier molecular flexibility index (Phi) is 3.89. The predicted octanol–water partition coefficient (Wildman–Crippen LogP) is 2.86. The molecule has 0 fully saturated rings. The van der Waals surface area contributed by atoms with Crippen molar-refractivity contribution in [3.63, 3.8) is 0 Å². The molecule has 104 valence electrons. The molecule has 5 nitrogen and oxygen atoms in total. The molecule has 2 rings (SSSR count). The van der Waals surface area contributed by atoms with Crippen LogP contribution in [-0.2, 0) is 0 Å². The molecule has 2 aromatic rings. The van der Waals surface area contributed by atoms with E-state index in [0.29, 0.717) is 0 Å². The Morgan fingerprint density at radius 3 is 2.45 bits per heavy atom. The van der Waals surface area contributed by atoms with Crippen molar-refractivity contribution >= 4 is 17.5 Å². The molecule has 0 aliphatic heterocycles. The molecule has 1 aromatic carbocycles. The summed E-state index contributed by atoms with van der Waals surface area (Å²) in [6.07, 6.45) is 1.37. The number of benzene rings is 1. The number of hydrogen-bond acceptors (Lipinski definition) is 4. The first-order valence-corrected chi connectivity index (χ1v) is 6.10. The van der Waals surface area contributed by atoms with Gasteiger partial charge in [-0.15, -0.1) is 0 Å². The van der Waals surface area contributed by atoms with Crippen molar-refractivity contribution in [1.82, 2.24) is 4.98 Å². The summed E-state index contributed by atoms with van der Waals surface area (Å²) in [5.74, 6) is 0.535. The van der Waals surface area contributed by atoms with E-state index in [2.05, 4.69) is 4.98 Å². The summed E-state index contributed by atoms with van der Waals surface area (Å²) in [6, 6.07) is 9.19. The fourth-order valence-electron chi connectivity index (χ4n) is 1.96. The Hall–Kier alpha value is -2.56. The van der Waals surface area contributed by atoms with Crippen LogP contribution in [0, 0.1) is 6.92 Å². The number of carboxylic acids is 1. The van der Waals surface area contributed by atoms with Crippen molar-refractivity contribution in [3.8, 4) is 5.75 Å². The minimum absolute atomic E-state index is 0.189. The number of aryl methyl sites for hydroxylation is 1. The molecule has 1 aromatic heterocycles. The molecule has 20 heavy (non-hydrogen) atoms. The van der Waals surface area contributed by atoms with E-state index in [1.165, 1.54) is 6.20 Å². The monoisotopic (exact) mass is 272 g/mol. The van der Waals surface area contributed by atoms with Crippen molar-refractivity contribution in [2.45, 2.75) is 6.92 Å². The van der Waals surface area contributed by atoms with Crippen LogP contribution in [0.25, 0.3) is 0 Å². The Morgan fingerprint density at radius 1 is 1.30 bits per heavy atom. The highest BCUT2D eigenvalue weighted by molar-refractivity contribution is 5.88. The first-order valence-electron chi connectivity index (χ1n) is 6.10. The summed E-state index contributed by atoms with van der Waals surface area (Å²) < 4.78 is 5.12. The third kappa shape index (κ3) is 2.71.